The molecule has 98 valence electrons. The van der Waals surface area contributed by atoms with Crippen molar-refractivity contribution in [1.82, 2.24) is 10.3 Å². The first-order valence-electron chi connectivity index (χ1n) is 6.89. The molecule has 0 aliphatic heterocycles. The smallest absolute Gasteiger partial charge is 0.223 e. The monoisotopic (exact) mass is 256 g/mol. The maximum absolute atomic E-state index is 11.9. The van der Waals surface area contributed by atoms with E-state index in [0.717, 1.165) is 17.5 Å². The normalized spacial score (nSPS) is 22.6. The van der Waals surface area contributed by atoms with Gasteiger partial charge in [-0.15, -0.1) is 0 Å². The van der Waals surface area contributed by atoms with Crippen molar-refractivity contribution in [3.8, 4) is 0 Å². The molecular formula is C15H16N2O2. The van der Waals surface area contributed by atoms with E-state index in [1.54, 1.807) is 0 Å². The molecule has 1 unspecified atom stereocenters. The predicted octanol–water partition coefficient (Wildman–Crippen LogP) is 2.29. The molecule has 1 aromatic heterocycles. The highest BCUT2D eigenvalue weighted by Crippen LogP contribution is 2.70. The maximum atomic E-state index is 11.9. The van der Waals surface area contributed by atoms with Crippen molar-refractivity contribution in [3.05, 3.63) is 30.2 Å². The number of rotatable bonds is 4. The number of fused-ring (bicyclic) bond motifs is 1. The fraction of sp³-hybridized carbons (Fsp3) is 0.467. The molecule has 2 aliphatic carbocycles. The standard InChI is InChI=1S/C15H16N2O2/c18-14(10-9-15(10)6-7-15)16-8-5-13-17-11-3-1-2-4-12(11)19-13/h1-4,10H,5-9H2,(H,16,18). The Morgan fingerprint density at radius 1 is 1.42 bits per heavy atom. The first kappa shape index (κ1) is 11.0. The molecule has 0 radical (unpaired) electrons. The van der Waals surface area contributed by atoms with Crippen LogP contribution < -0.4 is 5.32 Å². The molecule has 2 aromatic rings. The van der Waals surface area contributed by atoms with Gasteiger partial charge in [-0.1, -0.05) is 12.1 Å². The van der Waals surface area contributed by atoms with Crippen LogP contribution in [0.5, 0.6) is 0 Å². The van der Waals surface area contributed by atoms with Gasteiger partial charge in [-0.25, -0.2) is 4.98 Å². The number of oxazole rings is 1. The van der Waals surface area contributed by atoms with Gasteiger partial charge >= 0.3 is 0 Å². The van der Waals surface area contributed by atoms with Gasteiger partial charge in [0.15, 0.2) is 11.5 Å². The third kappa shape index (κ3) is 1.91. The molecule has 1 spiro atoms. The molecule has 1 aromatic carbocycles. The lowest BCUT2D eigenvalue weighted by Crippen LogP contribution is -2.27. The third-order valence-electron chi connectivity index (χ3n) is 4.37. The zero-order valence-electron chi connectivity index (χ0n) is 10.7. The highest BCUT2D eigenvalue weighted by Gasteiger charge is 2.65. The van der Waals surface area contributed by atoms with Crippen molar-refractivity contribution in [2.45, 2.75) is 25.7 Å². The van der Waals surface area contributed by atoms with Gasteiger partial charge in [0.05, 0.1) is 0 Å². The second-order valence-corrected chi connectivity index (χ2v) is 5.74. The maximum Gasteiger partial charge on any atom is 0.223 e. The van der Waals surface area contributed by atoms with Crippen LogP contribution in [0, 0.1) is 11.3 Å². The largest absolute Gasteiger partial charge is 0.441 e. The Bertz CT molecular complexity index is 609. The summed E-state index contributed by atoms with van der Waals surface area (Å²) in [5.41, 5.74) is 2.12. The number of carbonyl (C=O) groups excluding carboxylic acids is 1. The average molecular weight is 256 g/mol. The van der Waals surface area contributed by atoms with Crippen LogP contribution in [-0.4, -0.2) is 17.4 Å². The van der Waals surface area contributed by atoms with Crippen molar-refractivity contribution >= 4 is 17.0 Å². The van der Waals surface area contributed by atoms with E-state index in [1.165, 1.54) is 12.8 Å². The van der Waals surface area contributed by atoms with Crippen LogP contribution in [0.1, 0.15) is 25.2 Å². The van der Waals surface area contributed by atoms with Crippen molar-refractivity contribution in [3.63, 3.8) is 0 Å². The number of nitrogens with zero attached hydrogens (tertiary/aromatic N) is 1. The van der Waals surface area contributed by atoms with Crippen molar-refractivity contribution in [2.24, 2.45) is 11.3 Å². The number of carbonyl (C=O) groups is 1. The minimum atomic E-state index is 0.216. The molecule has 4 heteroatoms. The van der Waals surface area contributed by atoms with Gasteiger partial charge in [-0.05, 0) is 36.8 Å². The summed E-state index contributed by atoms with van der Waals surface area (Å²) >= 11 is 0. The van der Waals surface area contributed by atoms with Gasteiger partial charge < -0.3 is 9.73 Å². The van der Waals surface area contributed by atoms with Crippen LogP contribution in [0.4, 0.5) is 0 Å². The number of para-hydroxylation sites is 2. The quantitative estimate of drug-likeness (QED) is 0.913. The second-order valence-electron chi connectivity index (χ2n) is 5.74. The lowest BCUT2D eigenvalue weighted by molar-refractivity contribution is -0.122. The van der Waals surface area contributed by atoms with Gasteiger partial charge in [0, 0.05) is 18.9 Å². The summed E-state index contributed by atoms with van der Waals surface area (Å²) in [5, 5.41) is 2.99. The Morgan fingerprint density at radius 3 is 3.00 bits per heavy atom. The number of nitrogens with one attached hydrogen (secondary N) is 1. The third-order valence-corrected chi connectivity index (χ3v) is 4.37. The zero-order chi connectivity index (χ0) is 12.9. The summed E-state index contributed by atoms with van der Waals surface area (Å²) in [7, 11) is 0. The summed E-state index contributed by atoms with van der Waals surface area (Å²) in [6, 6.07) is 7.72. The molecule has 2 saturated carbocycles. The van der Waals surface area contributed by atoms with Crippen LogP contribution in [0.25, 0.3) is 11.1 Å². The Balaban J connectivity index is 1.33. The van der Waals surface area contributed by atoms with E-state index >= 15 is 0 Å². The van der Waals surface area contributed by atoms with Gasteiger partial charge in [-0.2, -0.15) is 0 Å². The summed E-state index contributed by atoms with van der Waals surface area (Å²) < 4.78 is 5.62. The van der Waals surface area contributed by atoms with Crippen LogP contribution >= 0.6 is 0 Å². The first-order chi connectivity index (χ1) is 9.27. The molecule has 1 heterocycles. The van der Waals surface area contributed by atoms with Crippen molar-refractivity contribution < 1.29 is 9.21 Å². The van der Waals surface area contributed by atoms with Crippen LogP contribution in [0.2, 0.25) is 0 Å². The lowest BCUT2D eigenvalue weighted by Gasteiger charge is -2.01. The molecule has 2 fully saturated rings. The van der Waals surface area contributed by atoms with E-state index in [2.05, 4.69) is 10.3 Å². The molecule has 4 rings (SSSR count). The van der Waals surface area contributed by atoms with Crippen molar-refractivity contribution in [1.29, 1.82) is 0 Å². The molecule has 0 bridgehead atoms. The van der Waals surface area contributed by atoms with Crippen LogP contribution in [0.15, 0.2) is 28.7 Å². The topological polar surface area (TPSA) is 55.1 Å². The Hall–Kier alpha value is -1.84. The molecule has 1 amide bonds. The van der Waals surface area contributed by atoms with E-state index in [4.69, 9.17) is 4.42 Å². The number of hydrogen-bond donors (Lipinski definition) is 1. The second kappa shape index (κ2) is 3.83. The van der Waals surface area contributed by atoms with Crippen molar-refractivity contribution in [2.75, 3.05) is 6.54 Å². The summed E-state index contributed by atoms with van der Waals surface area (Å²) in [4.78, 5) is 16.3. The molecule has 0 saturated heterocycles. The molecule has 1 N–H and O–H groups in total. The number of amides is 1. The summed E-state index contributed by atoms with van der Waals surface area (Å²) in [6.07, 6.45) is 4.24. The van der Waals surface area contributed by atoms with E-state index in [-0.39, 0.29) is 11.8 Å². The minimum absolute atomic E-state index is 0.216. The number of benzene rings is 1. The molecule has 2 aliphatic rings. The van der Waals surface area contributed by atoms with Gasteiger partial charge in [0.25, 0.3) is 0 Å². The fourth-order valence-corrected chi connectivity index (χ4v) is 2.87. The lowest BCUT2D eigenvalue weighted by atomic mass is 10.3. The summed E-state index contributed by atoms with van der Waals surface area (Å²) in [5.74, 6) is 1.20. The Labute approximate surface area is 111 Å². The summed E-state index contributed by atoms with van der Waals surface area (Å²) in [6.45, 7) is 0.609. The zero-order valence-corrected chi connectivity index (χ0v) is 10.7. The SMILES string of the molecule is O=C(NCCc1nc2ccccc2o1)C1CC12CC2. The Kier molecular flexibility index (Phi) is 2.22. The Morgan fingerprint density at radius 2 is 2.26 bits per heavy atom. The first-order valence-corrected chi connectivity index (χ1v) is 6.89. The number of hydrogen-bond acceptors (Lipinski definition) is 3. The highest BCUT2D eigenvalue weighted by atomic mass is 16.3. The van der Waals surface area contributed by atoms with Crippen LogP contribution in [0.3, 0.4) is 0 Å². The molecule has 4 nitrogen and oxygen atoms in total. The molecule has 19 heavy (non-hydrogen) atoms. The van der Waals surface area contributed by atoms with E-state index in [9.17, 15) is 4.79 Å². The molecular weight excluding hydrogens is 240 g/mol. The van der Waals surface area contributed by atoms with Gasteiger partial charge in [-0.3, -0.25) is 4.79 Å². The van der Waals surface area contributed by atoms with E-state index in [1.807, 2.05) is 24.3 Å². The number of aromatic nitrogens is 1. The van der Waals surface area contributed by atoms with E-state index < -0.39 is 0 Å². The van der Waals surface area contributed by atoms with Gasteiger partial charge in [0.1, 0.15) is 5.52 Å². The molecule has 1 atom stereocenters. The van der Waals surface area contributed by atoms with Gasteiger partial charge in [0.2, 0.25) is 5.91 Å². The fourth-order valence-electron chi connectivity index (χ4n) is 2.87. The average Bonchev–Trinajstić information content (AvgIpc) is 3.30. The predicted molar refractivity (Wildman–Crippen MR) is 70.5 cm³/mol. The highest BCUT2D eigenvalue weighted by molar-refractivity contribution is 5.83. The minimum Gasteiger partial charge on any atom is -0.441 e. The van der Waals surface area contributed by atoms with Crippen LogP contribution in [-0.2, 0) is 11.2 Å². The van der Waals surface area contributed by atoms with E-state index in [0.29, 0.717) is 24.3 Å².